The van der Waals surface area contributed by atoms with Crippen molar-refractivity contribution in [3.05, 3.63) is 24.3 Å². The topological polar surface area (TPSA) is 59.2 Å². The molecule has 19 heavy (non-hydrogen) atoms. The molecule has 5 nitrogen and oxygen atoms in total. The summed E-state index contributed by atoms with van der Waals surface area (Å²) >= 11 is 0. The third-order valence-corrected chi connectivity index (χ3v) is 3.24. The van der Waals surface area contributed by atoms with Crippen LogP contribution in [0.3, 0.4) is 0 Å². The Kier molecular flexibility index (Phi) is 3.95. The number of nitrogens with zero attached hydrogens (tertiary/aromatic N) is 1. The summed E-state index contributed by atoms with van der Waals surface area (Å²) in [6, 6.07) is 8.02. The molecule has 1 saturated heterocycles. The highest BCUT2D eigenvalue weighted by Crippen LogP contribution is 2.13. The van der Waals surface area contributed by atoms with Crippen molar-refractivity contribution in [1.29, 1.82) is 0 Å². The molecular weight excluding hydrogens is 242 g/mol. The molecule has 0 amide bonds. The SMILES string of the molecule is c1ccc2[nH]c(NCCCOC3CCOC3)nc2c1. The third kappa shape index (κ3) is 3.24. The third-order valence-electron chi connectivity index (χ3n) is 3.24. The van der Waals surface area contributed by atoms with Gasteiger partial charge in [-0.3, -0.25) is 0 Å². The number of rotatable bonds is 6. The summed E-state index contributed by atoms with van der Waals surface area (Å²) in [7, 11) is 0. The molecule has 5 heteroatoms. The molecule has 102 valence electrons. The number of hydrogen-bond acceptors (Lipinski definition) is 4. The largest absolute Gasteiger partial charge is 0.379 e. The van der Waals surface area contributed by atoms with Crippen molar-refractivity contribution < 1.29 is 9.47 Å². The first-order valence-corrected chi connectivity index (χ1v) is 6.80. The highest BCUT2D eigenvalue weighted by molar-refractivity contribution is 5.77. The minimum Gasteiger partial charge on any atom is -0.379 e. The van der Waals surface area contributed by atoms with E-state index in [-0.39, 0.29) is 0 Å². The first-order chi connectivity index (χ1) is 9.42. The fraction of sp³-hybridized carbons (Fsp3) is 0.500. The number of aromatic nitrogens is 2. The van der Waals surface area contributed by atoms with Crippen LogP contribution < -0.4 is 5.32 Å². The maximum atomic E-state index is 5.70. The minimum absolute atomic E-state index is 0.297. The predicted molar refractivity (Wildman–Crippen MR) is 74.4 cm³/mol. The Bertz CT molecular complexity index is 487. The van der Waals surface area contributed by atoms with Gasteiger partial charge in [-0.1, -0.05) is 12.1 Å². The molecule has 0 aliphatic carbocycles. The van der Waals surface area contributed by atoms with Crippen molar-refractivity contribution in [3.63, 3.8) is 0 Å². The van der Waals surface area contributed by atoms with Gasteiger partial charge in [0.05, 0.1) is 23.7 Å². The summed E-state index contributed by atoms with van der Waals surface area (Å²) < 4.78 is 11.0. The van der Waals surface area contributed by atoms with E-state index in [0.29, 0.717) is 6.10 Å². The number of anilines is 1. The van der Waals surface area contributed by atoms with Crippen LogP contribution in [0.1, 0.15) is 12.8 Å². The van der Waals surface area contributed by atoms with E-state index >= 15 is 0 Å². The van der Waals surface area contributed by atoms with Gasteiger partial charge in [-0.25, -0.2) is 4.98 Å². The first kappa shape index (κ1) is 12.4. The smallest absolute Gasteiger partial charge is 0.201 e. The number of nitrogens with one attached hydrogen (secondary N) is 2. The maximum absolute atomic E-state index is 5.70. The molecule has 2 N–H and O–H groups in total. The van der Waals surface area contributed by atoms with Crippen LogP contribution in [0.25, 0.3) is 11.0 Å². The fourth-order valence-electron chi connectivity index (χ4n) is 2.21. The van der Waals surface area contributed by atoms with Gasteiger partial charge in [-0.05, 0) is 25.0 Å². The Hall–Kier alpha value is -1.59. The van der Waals surface area contributed by atoms with Crippen LogP contribution in [0.15, 0.2) is 24.3 Å². The second-order valence-electron chi connectivity index (χ2n) is 4.74. The van der Waals surface area contributed by atoms with E-state index in [1.54, 1.807) is 0 Å². The Morgan fingerprint density at radius 3 is 3.21 bits per heavy atom. The van der Waals surface area contributed by atoms with Crippen molar-refractivity contribution in [2.45, 2.75) is 18.9 Å². The zero-order valence-corrected chi connectivity index (χ0v) is 10.9. The number of para-hydroxylation sites is 2. The van der Waals surface area contributed by atoms with E-state index in [2.05, 4.69) is 15.3 Å². The monoisotopic (exact) mass is 261 g/mol. The van der Waals surface area contributed by atoms with Crippen molar-refractivity contribution in [1.82, 2.24) is 9.97 Å². The molecule has 0 spiro atoms. The number of aromatic amines is 1. The summed E-state index contributed by atoms with van der Waals surface area (Å²) in [5.41, 5.74) is 2.05. The number of ether oxygens (including phenoxy) is 2. The average molecular weight is 261 g/mol. The normalized spacial score (nSPS) is 19.1. The van der Waals surface area contributed by atoms with Crippen LogP contribution in [0.2, 0.25) is 0 Å². The molecule has 1 aliphatic heterocycles. The quantitative estimate of drug-likeness (QED) is 0.782. The van der Waals surface area contributed by atoms with Crippen molar-refractivity contribution >= 4 is 17.0 Å². The highest BCUT2D eigenvalue weighted by atomic mass is 16.5. The standard InChI is InChI=1S/C14H19N3O2/c1-2-5-13-12(4-1)16-14(17-13)15-7-3-8-19-11-6-9-18-10-11/h1-2,4-5,11H,3,6-10H2,(H2,15,16,17). The van der Waals surface area contributed by atoms with Crippen LogP contribution in [-0.2, 0) is 9.47 Å². The van der Waals surface area contributed by atoms with Gasteiger partial charge >= 0.3 is 0 Å². The number of benzene rings is 1. The fourth-order valence-corrected chi connectivity index (χ4v) is 2.21. The number of H-pyrrole nitrogens is 1. The number of fused-ring (bicyclic) bond motifs is 1. The molecular formula is C14H19N3O2. The lowest BCUT2D eigenvalue weighted by molar-refractivity contribution is 0.0427. The predicted octanol–water partition coefficient (Wildman–Crippen LogP) is 2.17. The van der Waals surface area contributed by atoms with E-state index in [1.165, 1.54) is 0 Å². The summed E-state index contributed by atoms with van der Waals surface area (Å²) in [5.74, 6) is 0.824. The van der Waals surface area contributed by atoms with Crippen LogP contribution >= 0.6 is 0 Å². The molecule has 1 aliphatic rings. The lowest BCUT2D eigenvalue weighted by Crippen LogP contribution is -2.15. The van der Waals surface area contributed by atoms with E-state index in [9.17, 15) is 0 Å². The second-order valence-corrected chi connectivity index (χ2v) is 4.74. The van der Waals surface area contributed by atoms with Crippen LogP contribution in [0.4, 0.5) is 5.95 Å². The number of hydrogen-bond donors (Lipinski definition) is 2. The maximum Gasteiger partial charge on any atom is 0.201 e. The molecule has 1 fully saturated rings. The number of imidazole rings is 1. The Labute approximate surface area is 112 Å². The molecule has 0 bridgehead atoms. The van der Waals surface area contributed by atoms with Gasteiger partial charge in [0.2, 0.25) is 5.95 Å². The Balaban J connectivity index is 1.39. The lowest BCUT2D eigenvalue weighted by Gasteiger charge is -2.09. The van der Waals surface area contributed by atoms with Crippen LogP contribution in [0.5, 0.6) is 0 Å². The summed E-state index contributed by atoms with van der Waals surface area (Å²) in [4.78, 5) is 7.70. The summed E-state index contributed by atoms with van der Waals surface area (Å²) in [6.45, 7) is 3.20. The lowest BCUT2D eigenvalue weighted by atomic mass is 10.3. The van der Waals surface area contributed by atoms with E-state index < -0.39 is 0 Å². The zero-order chi connectivity index (χ0) is 12.9. The molecule has 0 radical (unpaired) electrons. The first-order valence-electron chi connectivity index (χ1n) is 6.80. The average Bonchev–Trinajstić information content (AvgIpc) is 3.06. The molecule has 2 heterocycles. The Morgan fingerprint density at radius 2 is 2.37 bits per heavy atom. The van der Waals surface area contributed by atoms with Crippen molar-refractivity contribution in [3.8, 4) is 0 Å². The summed E-state index contributed by atoms with van der Waals surface area (Å²) in [5, 5.41) is 3.28. The van der Waals surface area contributed by atoms with Gasteiger partial charge in [0.25, 0.3) is 0 Å². The molecule has 2 aromatic rings. The van der Waals surface area contributed by atoms with Gasteiger partial charge in [0.15, 0.2) is 0 Å². The van der Waals surface area contributed by atoms with Crippen LogP contribution in [0, 0.1) is 0 Å². The Morgan fingerprint density at radius 1 is 1.42 bits per heavy atom. The molecule has 0 saturated carbocycles. The molecule has 1 atom stereocenters. The minimum atomic E-state index is 0.297. The van der Waals surface area contributed by atoms with E-state index in [4.69, 9.17) is 9.47 Å². The van der Waals surface area contributed by atoms with E-state index in [1.807, 2.05) is 24.3 Å². The second kappa shape index (κ2) is 6.04. The van der Waals surface area contributed by atoms with Gasteiger partial charge in [-0.15, -0.1) is 0 Å². The van der Waals surface area contributed by atoms with Crippen molar-refractivity contribution in [2.24, 2.45) is 0 Å². The van der Waals surface area contributed by atoms with Crippen LogP contribution in [-0.4, -0.2) is 42.4 Å². The van der Waals surface area contributed by atoms with E-state index in [0.717, 1.165) is 56.2 Å². The van der Waals surface area contributed by atoms with Gasteiger partial charge in [0.1, 0.15) is 0 Å². The summed E-state index contributed by atoms with van der Waals surface area (Å²) in [6.07, 6.45) is 2.29. The highest BCUT2D eigenvalue weighted by Gasteiger charge is 2.15. The van der Waals surface area contributed by atoms with Crippen molar-refractivity contribution in [2.75, 3.05) is 31.7 Å². The zero-order valence-electron chi connectivity index (χ0n) is 10.9. The molecule has 1 unspecified atom stereocenters. The van der Waals surface area contributed by atoms with Gasteiger partial charge in [-0.2, -0.15) is 0 Å². The van der Waals surface area contributed by atoms with Gasteiger partial charge < -0.3 is 19.8 Å². The molecule has 1 aromatic carbocycles. The van der Waals surface area contributed by atoms with Gasteiger partial charge in [0, 0.05) is 19.8 Å². The molecule has 1 aromatic heterocycles. The molecule has 3 rings (SSSR count).